The summed E-state index contributed by atoms with van der Waals surface area (Å²) in [5, 5.41) is 9.86. The van der Waals surface area contributed by atoms with Crippen molar-refractivity contribution in [3.63, 3.8) is 0 Å². The largest absolute Gasteiger partial charge is 0.347 e. The van der Waals surface area contributed by atoms with Gasteiger partial charge in [0, 0.05) is 24.5 Å². The summed E-state index contributed by atoms with van der Waals surface area (Å²) in [6.07, 6.45) is 1.46. The molecule has 22 heavy (non-hydrogen) atoms. The number of sulfonamides is 1. The average molecular weight is 358 g/mol. The first-order valence-corrected chi connectivity index (χ1v) is 9.84. The van der Waals surface area contributed by atoms with Crippen LogP contribution in [0, 0.1) is 0 Å². The number of carbonyl (C=O) groups excluding carboxylic acids is 1. The SMILES string of the molecule is O=C(N[C@@H]1CCCN(S(=O)(=O)c2cccs2)C1)c1csnn1. The minimum Gasteiger partial charge on any atom is -0.347 e. The molecule has 118 valence electrons. The van der Waals surface area contributed by atoms with Crippen LogP contribution in [0.2, 0.25) is 0 Å². The molecule has 3 rings (SSSR count). The maximum Gasteiger partial charge on any atom is 0.272 e. The molecule has 0 unspecified atom stereocenters. The second-order valence-electron chi connectivity index (χ2n) is 4.90. The number of rotatable bonds is 4. The third kappa shape index (κ3) is 3.19. The number of hydrogen-bond donors (Lipinski definition) is 1. The van der Waals surface area contributed by atoms with Crippen LogP contribution in [0.5, 0.6) is 0 Å². The molecule has 1 aliphatic rings. The van der Waals surface area contributed by atoms with Crippen LogP contribution in [0.4, 0.5) is 0 Å². The molecule has 1 atom stereocenters. The Morgan fingerprint density at radius 1 is 1.45 bits per heavy atom. The summed E-state index contributed by atoms with van der Waals surface area (Å²) >= 11 is 2.31. The Morgan fingerprint density at radius 3 is 3.00 bits per heavy atom. The van der Waals surface area contributed by atoms with Crippen LogP contribution in [-0.4, -0.2) is 47.3 Å². The van der Waals surface area contributed by atoms with Crippen LogP contribution in [0.1, 0.15) is 23.3 Å². The number of piperidine rings is 1. The van der Waals surface area contributed by atoms with E-state index in [2.05, 4.69) is 14.9 Å². The Hall–Kier alpha value is -1.36. The molecule has 1 aliphatic heterocycles. The Kier molecular flexibility index (Phi) is 4.52. The molecule has 2 aromatic heterocycles. The first-order chi connectivity index (χ1) is 10.6. The van der Waals surface area contributed by atoms with E-state index in [4.69, 9.17) is 0 Å². The van der Waals surface area contributed by atoms with Crippen molar-refractivity contribution in [2.75, 3.05) is 13.1 Å². The summed E-state index contributed by atoms with van der Waals surface area (Å²) < 4.78 is 30.4. The van der Waals surface area contributed by atoms with E-state index in [1.54, 1.807) is 22.9 Å². The number of carbonyl (C=O) groups is 1. The zero-order valence-electron chi connectivity index (χ0n) is 11.5. The number of thiophene rings is 1. The van der Waals surface area contributed by atoms with E-state index >= 15 is 0 Å². The molecule has 2 aromatic rings. The van der Waals surface area contributed by atoms with E-state index in [1.807, 2.05) is 0 Å². The monoisotopic (exact) mass is 358 g/mol. The molecule has 1 N–H and O–H groups in total. The van der Waals surface area contributed by atoms with Gasteiger partial charge < -0.3 is 5.32 Å². The van der Waals surface area contributed by atoms with Crippen molar-refractivity contribution >= 4 is 38.8 Å². The Bertz CT molecular complexity index is 728. The number of amides is 1. The van der Waals surface area contributed by atoms with Gasteiger partial charge in [-0.15, -0.1) is 16.4 Å². The first-order valence-electron chi connectivity index (χ1n) is 6.69. The number of aromatic nitrogens is 2. The van der Waals surface area contributed by atoms with Crippen molar-refractivity contribution in [2.45, 2.75) is 23.1 Å². The van der Waals surface area contributed by atoms with Crippen LogP contribution in [0.3, 0.4) is 0 Å². The Morgan fingerprint density at radius 2 is 2.32 bits per heavy atom. The molecule has 0 spiro atoms. The van der Waals surface area contributed by atoms with Crippen LogP contribution < -0.4 is 5.32 Å². The number of nitrogens with zero attached hydrogens (tertiary/aromatic N) is 3. The van der Waals surface area contributed by atoms with Gasteiger partial charge in [0.25, 0.3) is 15.9 Å². The fourth-order valence-corrected chi connectivity index (χ4v) is 5.44. The zero-order valence-corrected chi connectivity index (χ0v) is 14.0. The standard InChI is InChI=1S/C12H14N4O3S3/c17-12(10-8-21-15-14-10)13-9-3-1-5-16(7-9)22(18,19)11-4-2-6-20-11/h2,4,6,8-9H,1,3,5,7H2,(H,13,17)/t9-/m1/s1. The minimum atomic E-state index is -3.47. The van der Waals surface area contributed by atoms with Gasteiger partial charge in [0.15, 0.2) is 5.69 Å². The minimum absolute atomic E-state index is 0.210. The van der Waals surface area contributed by atoms with Gasteiger partial charge in [0.2, 0.25) is 0 Å². The fraction of sp³-hybridized carbons (Fsp3) is 0.417. The summed E-state index contributed by atoms with van der Waals surface area (Å²) in [5.74, 6) is -0.311. The predicted molar refractivity (Wildman–Crippen MR) is 83.5 cm³/mol. The molecule has 7 nitrogen and oxygen atoms in total. The van der Waals surface area contributed by atoms with Gasteiger partial charge in [-0.2, -0.15) is 4.31 Å². The second-order valence-corrected chi connectivity index (χ2v) is 8.62. The van der Waals surface area contributed by atoms with E-state index in [0.29, 0.717) is 17.2 Å². The molecule has 10 heteroatoms. The second kappa shape index (κ2) is 6.41. The third-order valence-electron chi connectivity index (χ3n) is 3.40. The van der Waals surface area contributed by atoms with Gasteiger partial charge in [0.05, 0.1) is 0 Å². The van der Waals surface area contributed by atoms with Crippen molar-refractivity contribution in [3.8, 4) is 0 Å². The lowest BCUT2D eigenvalue weighted by atomic mass is 10.1. The summed E-state index contributed by atoms with van der Waals surface area (Å²) in [6.45, 7) is 0.758. The van der Waals surface area contributed by atoms with E-state index < -0.39 is 10.0 Å². The highest BCUT2D eigenvalue weighted by molar-refractivity contribution is 7.91. The highest BCUT2D eigenvalue weighted by Gasteiger charge is 2.31. The van der Waals surface area contributed by atoms with Gasteiger partial charge in [-0.25, -0.2) is 8.42 Å². The van der Waals surface area contributed by atoms with Crippen LogP contribution in [0.25, 0.3) is 0 Å². The number of hydrogen-bond acceptors (Lipinski definition) is 7. The molecule has 1 amide bonds. The lowest BCUT2D eigenvalue weighted by Crippen LogP contribution is -2.49. The highest BCUT2D eigenvalue weighted by atomic mass is 32.2. The van der Waals surface area contributed by atoms with Crippen molar-refractivity contribution < 1.29 is 13.2 Å². The molecule has 0 aromatic carbocycles. The molecule has 3 heterocycles. The van der Waals surface area contributed by atoms with Crippen molar-refractivity contribution in [3.05, 3.63) is 28.6 Å². The quantitative estimate of drug-likeness (QED) is 0.886. The normalized spacial score (nSPS) is 19.9. The Balaban J connectivity index is 1.68. The predicted octanol–water partition coefficient (Wildman–Crippen LogP) is 1.18. The molecule has 1 saturated heterocycles. The first kappa shape index (κ1) is 15.5. The van der Waals surface area contributed by atoms with Crippen LogP contribution >= 0.6 is 22.9 Å². The van der Waals surface area contributed by atoms with Gasteiger partial charge in [-0.3, -0.25) is 4.79 Å². The molecule has 0 aliphatic carbocycles. The Labute approximate surface area is 136 Å². The van der Waals surface area contributed by atoms with Crippen LogP contribution in [-0.2, 0) is 10.0 Å². The maximum absolute atomic E-state index is 12.5. The summed E-state index contributed by atoms with van der Waals surface area (Å²) in [7, 11) is -3.47. The van der Waals surface area contributed by atoms with Gasteiger partial charge in [-0.05, 0) is 35.8 Å². The van der Waals surface area contributed by atoms with Crippen molar-refractivity contribution in [1.29, 1.82) is 0 Å². The number of nitrogens with one attached hydrogen (secondary N) is 1. The summed E-state index contributed by atoms with van der Waals surface area (Å²) in [5.41, 5.74) is 0.267. The third-order valence-corrected chi connectivity index (χ3v) is 7.14. The topological polar surface area (TPSA) is 92.3 Å². The molecular weight excluding hydrogens is 344 g/mol. The highest BCUT2D eigenvalue weighted by Crippen LogP contribution is 2.24. The van der Waals surface area contributed by atoms with E-state index in [0.717, 1.165) is 18.0 Å². The zero-order chi connectivity index (χ0) is 15.6. The molecule has 0 saturated carbocycles. The summed E-state index contributed by atoms with van der Waals surface area (Å²) in [4.78, 5) is 12.0. The lowest BCUT2D eigenvalue weighted by molar-refractivity contribution is 0.0916. The average Bonchev–Trinajstić information content (AvgIpc) is 3.21. The molecule has 1 fully saturated rings. The smallest absolute Gasteiger partial charge is 0.272 e. The van der Waals surface area contributed by atoms with Gasteiger partial charge >= 0.3 is 0 Å². The van der Waals surface area contributed by atoms with Gasteiger partial charge in [0.1, 0.15) is 4.21 Å². The maximum atomic E-state index is 12.5. The van der Waals surface area contributed by atoms with Crippen molar-refractivity contribution in [1.82, 2.24) is 19.2 Å². The van der Waals surface area contributed by atoms with E-state index in [-0.39, 0.29) is 24.2 Å². The van der Waals surface area contributed by atoms with Crippen LogP contribution in [0.15, 0.2) is 27.1 Å². The van der Waals surface area contributed by atoms with Gasteiger partial charge in [-0.1, -0.05) is 10.6 Å². The van der Waals surface area contributed by atoms with Crippen molar-refractivity contribution in [2.24, 2.45) is 0 Å². The molecular formula is C12H14N4O3S3. The van der Waals surface area contributed by atoms with E-state index in [9.17, 15) is 13.2 Å². The summed E-state index contributed by atoms with van der Waals surface area (Å²) in [6, 6.07) is 3.11. The van der Waals surface area contributed by atoms with E-state index in [1.165, 1.54) is 15.6 Å². The molecule has 0 radical (unpaired) electrons. The fourth-order valence-electron chi connectivity index (χ4n) is 2.34. The molecule has 0 bridgehead atoms. The lowest BCUT2D eigenvalue weighted by Gasteiger charge is -2.31.